The minimum absolute atomic E-state index is 0.0187. The maximum absolute atomic E-state index is 11.4. The van der Waals surface area contributed by atoms with Crippen molar-refractivity contribution in [1.82, 2.24) is 0 Å². The Labute approximate surface area is 138 Å². The van der Waals surface area contributed by atoms with Crippen LogP contribution in [0.1, 0.15) is 19.4 Å². The lowest BCUT2D eigenvalue weighted by atomic mass is 10.0. The number of benzene rings is 2. The van der Waals surface area contributed by atoms with Crippen LogP contribution >= 0.6 is 0 Å². The van der Waals surface area contributed by atoms with E-state index in [-0.39, 0.29) is 18.3 Å². The molecule has 0 N–H and O–H groups in total. The van der Waals surface area contributed by atoms with Gasteiger partial charge in [0.2, 0.25) is 0 Å². The predicted molar refractivity (Wildman–Crippen MR) is 92.8 cm³/mol. The van der Waals surface area contributed by atoms with Crippen LogP contribution in [-0.2, 0) is 9.53 Å². The zero-order chi connectivity index (χ0) is 16.7. The van der Waals surface area contributed by atoms with Gasteiger partial charge >= 0.3 is 0 Å². The SMILES string of the molecule is Cc1ccc(-c2ccc(OCCOCC(=O)C(C)C)cc2)cc1. The Morgan fingerprint density at radius 3 is 2.04 bits per heavy atom. The molecule has 0 unspecified atom stereocenters. The average Bonchev–Trinajstić information content (AvgIpc) is 2.55. The highest BCUT2D eigenvalue weighted by Crippen LogP contribution is 2.22. The molecule has 0 saturated heterocycles. The van der Waals surface area contributed by atoms with Gasteiger partial charge in [0.05, 0.1) is 6.61 Å². The van der Waals surface area contributed by atoms with E-state index in [0.29, 0.717) is 13.2 Å². The summed E-state index contributed by atoms with van der Waals surface area (Å²) >= 11 is 0. The number of hydrogen-bond donors (Lipinski definition) is 0. The van der Waals surface area contributed by atoms with Crippen molar-refractivity contribution in [2.75, 3.05) is 19.8 Å². The number of carbonyl (C=O) groups excluding carboxylic acids is 1. The van der Waals surface area contributed by atoms with E-state index in [1.807, 2.05) is 38.1 Å². The van der Waals surface area contributed by atoms with Crippen molar-refractivity contribution in [3.8, 4) is 16.9 Å². The summed E-state index contributed by atoms with van der Waals surface area (Å²) in [5, 5.41) is 0. The van der Waals surface area contributed by atoms with Crippen LogP contribution in [0.5, 0.6) is 5.75 Å². The maximum atomic E-state index is 11.4. The monoisotopic (exact) mass is 312 g/mol. The molecule has 2 rings (SSSR count). The molecule has 0 amide bonds. The molecule has 3 heteroatoms. The first-order valence-electron chi connectivity index (χ1n) is 7.96. The summed E-state index contributed by atoms with van der Waals surface area (Å²) in [7, 11) is 0. The molecule has 0 spiro atoms. The summed E-state index contributed by atoms with van der Waals surface area (Å²) in [6.07, 6.45) is 0. The van der Waals surface area contributed by atoms with Crippen LogP contribution in [0.3, 0.4) is 0 Å². The summed E-state index contributed by atoms with van der Waals surface area (Å²) in [4.78, 5) is 11.4. The lowest BCUT2D eigenvalue weighted by molar-refractivity contribution is -0.126. The molecule has 0 aliphatic rings. The van der Waals surface area contributed by atoms with E-state index < -0.39 is 0 Å². The normalized spacial score (nSPS) is 10.8. The molecule has 3 nitrogen and oxygen atoms in total. The van der Waals surface area contributed by atoms with E-state index in [1.54, 1.807) is 0 Å². The molecule has 0 atom stereocenters. The van der Waals surface area contributed by atoms with Gasteiger partial charge in [-0.3, -0.25) is 4.79 Å². The first kappa shape index (κ1) is 17.2. The Hall–Kier alpha value is -2.13. The van der Waals surface area contributed by atoms with Gasteiger partial charge < -0.3 is 9.47 Å². The Morgan fingerprint density at radius 1 is 0.913 bits per heavy atom. The summed E-state index contributed by atoms with van der Waals surface area (Å²) in [5.74, 6) is 0.942. The molecule has 0 radical (unpaired) electrons. The molecular weight excluding hydrogens is 288 g/mol. The summed E-state index contributed by atoms with van der Waals surface area (Å²) < 4.78 is 10.9. The van der Waals surface area contributed by atoms with Gasteiger partial charge in [0, 0.05) is 5.92 Å². The minimum Gasteiger partial charge on any atom is -0.491 e. The van der Waals surface area contributed by atoms with Crippen LogP contribution in [0, 0.1) is 12.8 Å². The average molecular weight is 312 g/mol. The zero-order valence-electron chi connectivity index (χ0n) is 14.0. The third-order valence-electron chi connectivity index (χ3n) is 3.62. The zero-order valence-corrected chi connectivity index (χ0v) is 14.0. The second-order valence-electron chi connectivity index (χ2n) is 5.91. The van der Waals surface area contributed by atoms with E-state index in [4.69, 9.17) is 9.47 Å². The van der Waals surface area contributed by atoms with Crippen molar-refractivity contribution in [2.24, 2.45) is 5.92 Å². The third-order valence-corrected chi connectivity index (χ3v) is 3.62. The van der Waals surface area contributed by atoms with Gasteiger partial charge in [-0.1, -0.05) is 55.8 Å². The van der Waals surface area contributed by atoms with Gasteiger partial charge in [0.1, 0.15) is 19.0 Å². The Kier molecular flexibility index (Phi) is 6.36. The molecule has 0 aliphatic heterocycles. The number of carbonyl (C=O) groups is 1. The fourth-order valence-electron chi connectivity index (χ4n) is 2.05. The van der Waals surface area contributed by atoms with Gasteiger partial charge in [-0.05, 0) is 30.2 Å². The molecule has 0 aliphatic carbocycles. The number of hydrogen-bond acceptors (Lipinski definition) is 3. The van der Waals surface area contributed by atoms with Crippen LogP contribution in [0.15, 0.2) is 48.5 Å². The topological polar surface area (TPSA) is 35.5 Å². The molecule has 0 aromatic heterocycles. The number of aryl methyl sites for hydroxylation is 1. The van der Waals surface area contributed by atoms with E-state index in [1.165, 1.54) is 11.1 Å². The number of Topliss-reactive ketones (excluding diaryl/α,β-unsaturated/α-hetero) is 1. The molecule has 0 heterocycles. The number of ketones is 1. The molecular formula is C20H24O3. The van der Waals surface area contributed by atoms with Crippen LogP contribution in [0.2, 0.25) is 0 Å². The summed E-state index contributed by atoms with van der Waals surface area (Å²) in [5.41, 5.74) is 3.61. The summed E-state index contributed by atoms with van der Waals surface area (Å²) in [6.45, 7) is 6.84. The molecule has 122 valence electrons. The van der Waals surface area contributed by atoms with E-state index >= 15 is 0 Å². The Morgan fingerprint density at radius 2 is 1.48 bits per heavy atom. The van der Waals surface area contributed by atoms with Crippen molar-refractivity contribution in [3.05, 3.63) is 54.1 Å². The van der Waals surface area contributed by atoms with Gasteiger partial charge in [0.15, 0.2) is 5.78 Å². The first-order valence-corrected chi connectivity index (χ1v) is 7.96. The lowest BCUT2D eigenvalue weighted by Gasteiger charge is -2.09. The second kappa shape index (κ2) is 8.49. The number of rotatable bonds is 8. The maximum Gasteiger partial charge on any atom is 0.160 e. The quantitative estimate of drug-likeness (QED) is 0.682. The molecule has 0 saturated carbocycles. The highest BCUT2D eigenvalue weighted by atomic mass is 16.5. The largest absolute Gasteiger partial charge is 0.491 e. The highest BCUT2D eigenvalue weighted by molar-refractivity contribution is 5.81. The van der Waals surface area contributed by atoms with Crippen molar-refractivity contribution >= 4 is 5.78 Å². The molecule has 23 heavy (non-hydrogen) atoms. The summed E-state index contributed by atoms with van der Waals surface area (Å²) in [6, 6.07) is 16.4. The van der Waals surface area contributed by atoms with Crippen LogP contribution < -0.4 is 4.74 Å². The predicted octanol–water partition coefficient (Wildman–Crippen LogP) is 4.28. The van der Waals surface area contributed by atoms with Gasteiger partial charge in [0.25, 0.3) is 0 Å². The van der Waals surface area contributed by atoms with E-state index in [0.717, 1.165) is 11.3 Å². The van der Waals surface area contributed by atoms with Crippen LogP contribution in [-0.4, -0.2) is 25.6 Å². The standard InChI is InChI=1S/C20H24O3/c1-15(2)20(21)14-22-12-13-23-19-10-8-18(9-11-19)17-6-4-16(3)5-7-17/h4-11,15H,12-14H2,1-3H3. The van der Waals surface area contributed by atoms with Crippen LogP contribution in [0.25, 0.3) is 11.1 Å². The highest BCUT2D eigenvalue weighted by Gasteiger charge is 2.06. The van der Waals surface area contributed by atoms with E-state index in [2.05, 4.69) is 31.2 Å². The molecule has 2 aromatic rings. The van der Waals surface area contributed by atoms with Gasteiger partial charge in [-0.15, -0.1) is 0 Å². The first-order chi connectivity index (χ1) is 11.1. The van der Waals surface area contributed by atoms with Crippen molar-refractivity contribution in [1.29, 1.82) is 0 Å². The molecule has 0 fully saturated rings. The smallest absolute Gasteiger partial charge is 0.160 e. The Bertz CT molecular complexity index is 612. The van der Waals surface area contributed by atoms with Crippen LogP contribution in [0.4, 0.5) is 0 Å². The molecule has 2 aromatic carbocycles. The number of ether oxygens (including phenoxy) is 2. The fourth-order valence-corrected chi connectivity index (χ4v) is 2.05. The van der Waals surface area contributed by atoms with Gasteiger partial charge in [-0.25, -0.2) is 0 Å². The third kappa shape index (κ3) is 5.53. The van der Waals surface area contributed by atoms with Gasteiger partial charge in [-0.2, -0.15) is 0 Å². The van der Waals surface area contributed by atoms with Crippen molar-refractivity contribution in [2.45, 2.75) is 20.8 Å². The lowest BCUT2D eigenvalue weighted by Crippen LogP contribution is -2.17. The van der Waals surface area contributed by atoms with E-state index in [9.17, 15) is 4.79 Å². The fraction of sp³-hybridized carbons (Fsp3) is 0.350. The van der Waals surface area contributed by atoms with Crippen molar-refractivity contribution in [3.63, 3.8) is 0 Å². The second-order valence-corrected chi connectivity index (χ2v) is 5.91. The Balaban J connectivity index is 1.77. The molecule has 0 bridgehead atoms. The van der Waals surface area contributed by atoms with Crippen molar-refractivity contribution < 1.29 is 14.3 Å². The minimum atomic E-state index is 0.0187.